The van der Waals surface area contributed by atoms with E-state index in [1.165, 1.54) is 19.1 Å². The number of esters is 1. The normalized spacial score (nSPS) is 41.1. The maximum atomic E-state index is 14.3. The summed E-state index contributed by atoms with van der Waals surface area (Å²) in [7, 11) is 4.76. The molecule has 0 aromatic carbocycles. The summed E-state index contributed by atoms with van der Waals surface area (Å²) < 4.78 is 30.1. The van der Waals surface area contributed by atoms with Crippen LogP contribution in [0.4, 0.5) is 0 Å². The molecule has 13 heteroatoms. The fourth-order valence-corrected chi connectivity index (χ4v) is 10.0. The third kappa shape index (κ3) is 11.3. The Labute approximate surface area is 345 Å². The van der Waals surface area contributed by atoms with Crippen LogP contribution in [-0.4, -0.2) is 121 Å². The van der Waals surface area contributed by atoms with Gasteiger partial charge in [0, 0.05) is 57.9 Å². The minimum absolute atomic E-state index is 0.0249. The Morgan fingerprint density at radius 3 is 2.26 bits per heavy atom. The van der Waals surface area contributed by atoms with Crippen molar-refractivity contribution in [3.8, 4) is 0 Å². The van der Waals surface area contributed by atoms with E-state index in [4.69, 9.17) is 35.3 Å². The summed E-state index contributed by atoms with van der Waals surface area (Å²) in [5.74, 6) is -6.52. The molecule has 3 heterocycles. The van der Waals surface area contributed by atoms with E-state index < -0.39 is 77.8 Å². The van der Waals surface area contributed by atoms with Crippen LogP contribution in [0.15, 0.2) is 23.3 Å². The summed E-state index contributed by atoms with van der Waals surface area (Å²) in [6.45, 7) is 11.4. The number of carbonyl (C=O) groups is 4. The number of methoxy groups -OCH3 is 3. The summed E-state index contributed by atoms with van der Waals surface area (Å²) >= 11 is 6.24. The highest BCUT2D eigenvalue weighted by Gasteiger charge is 2.56. The number of Topliss-reactive ketones (excluding diaryl/α,β-unsaturated/α-hetero) is 2. The van der Waals surface area contributed by atoms with Crippen LogP contribution in [0.5, 0.6) is 0 Å². The van der Waals surface area contributed by atoms with Gasteiger partial charge in [0.15, 0.2) is 0 Å². The van der Waals surface area contributed by atoms with E-state index in [1.807, 2.05) is 26.8 Å². The highest BCUT2D eigenvalue weighted by atomic mass is 35.5. The zero-order valence-corrected chi connectivity index (χ0v) is 36.5. The SMILES string of the molecule is CC[C@@H]1/C=C(\C)C[C@H](C)C[C@H](OC)[C@H]2O[C@@](O)(C(=O)C(=O)N3CCCC[C@H]3C(=O)O[C@H](/C(C)=C/[C@@H]3CC[C@@H](CCl)[C@H](OC)C3)[C@H](C)[C@@H](O)CC1=O)[C@H](C)C[C@@H]2OC. The van der Waals surface area contributed by atoms with Crippen molar-refractivity contribution in [3.63, 3.8) is 0 Å². The summed E-state index contributed by atoms with van der Waals surface area (Å²) in [6, 6.07) is -1.11. The van der Waals surface area contributed by atoms with Gasteiger partial charge in [-0.15, -0.1) is 11.6 Å². The van der Waals surface area contributed by atoms with Crippen molar-refractivity contribution in [3.05, 3.63) is 23.3 Å². The van der Waals surface area contributed by atoms with Crippen LogP contribution in [0.1, 0.15) is 112 Å². The molecule has 3 aliphatic heterocycles. The maximum absolute atomic E-state index is 14.3. The number of hydrogen-bond acceptors (Lipinski definition) is 11. The van der Waals surface area contributed by atoms with Crippen LogP contribution in [0, 0.1) is 35.5 Å². The molecule has 57 heavy (non-hydrogen) atoms. The molecule has 1 aliphatic carbocycles. The number of carbonyl (C=O) groups excluding carboxylic acids is 4. The number of hydrogen-bond donors (Lipinski definition) is 2. The zero-order chi connectivity index (χ0) is 42.2. The molecule has 1 amide bonds. The van der Waals surface area contributed by atoms with E-state index in [9.17, 15) is 29.4 Å². The molecule has 12 nitrogen and oxygen atoms in total. The third-order valence-corrected chi connectivity index (χ3v) is 13.7. The minimum Gasteiger partial charge on any atom is -0.456 e. The van der Waals surface area contributed by atoms with Gasteiger partial charge in [-0.05, 0) is 101 Å². The van der Waals surface area contributed by atoms with E-state index in [0.717, 1.165) is 30.4 Å². The predicted octanol–water partition coefficient (Wildman–Crippen LogP) is 5.97. The smallest absolute Gasteiger partial charge is 0.329 e. The van der Waals surface area contributed by atoms with Gasteiger partial charge < -0.3 is 38.8 Å². The Morgan fingerprint density at radius 1 is 0.965 bits per heavy atom. The van der Waals surface area contributed by atoms with E-state index in [1.54, 1.807) is 21.0 Å². The minimum atomic E-state index is -2.49. The Kier molecular flexibility index (Phi) is 17.8. The first-order valence-corrected chi connectivity index (χ1v) is 21.7. The molecule has 0 spiro atoms. The summed E-state index contributed by atoms with van der Waals surface area (Å²) in [6.07, 6.45) is 5.58. The summed E-state index contributed by atoms with van der Waals surface area (Å²) in [5.41, 5.74) is 1.72. The van der Waals surface area contributed by atoms with Gasteiger partial charge in [0.2, 0.25) is 5.79 Å². The van der Waals surface area contributed by atoms with Crippen molar-refractivity contribution in [2.24, 2.45) is 35.5 Å². The Hall–Kier alpha value is -2.19. The van der Waals surface area contributed by atoms with Crippen LogP contribution in [0.25, 0.3) is 0 Å². The molecule has 3 fully saturated rings. The molecule has 14 atom stereocenters. The van der Waals surface area contributed by atoms with Crippen LogP contribution in [0.2, 0.25) is 0 Å². The average Bonchev–Trinajstić information content (AvgIpc) is 3.20. The molecule has 324 valence electrons. The maximum Gasteiger partial charge on any atom is 0.329 e. The average molecular weight is 824 g/mol. The number of nitrogens with zero attached hydrogens (tertiary/aromatic N) is 1. The Morgan fingerprint density at radius 2 is 1.63 bits per heavy atom. The highest BCUT2D eigenvalue weighted by Crippen LogP contribution is 2.39. The van der Waals surface area contributed by atoms with Gasteiger partial charge in [-0.1, -0.05) is 45.4 Å². The molecule has 2 bridgehead atoms. The number of aliphatic hydroxyl groups excluding tert-OH is 1. The van der Waals surface area contributed by atoms with Crippen molar-refractivity contribution in [1.29, 1.82) is 0 Å². The fraction of sp³-hybridized carbons (Fsp3) is 0.818. The number of aliphatic hydroxyl groups is 2. The second kappa shape index (κ2) is 21.4. The first kappa shape index (κ1) is 47.5. The lowest BCUT2D eigenvalue weighted by molar-refractivity contribution is -0.302. The lowest BCUT2D eigenvalue weighted by Gasteiger charge is -2.47. The second-order valence-electron chi connectivity index (χ2n) is 17.5. The van der Waals surface area contributed by atoms with Crippen molar-refractivity contribution in [2.75, 3.05) is 33.8 Å². The number of ether oxygens (including phenoxy) is 5. The standard InChI is InChI=1S/C44H70ClNO11/c1-10-31-18-25(2)17-26(3)19-37(54-8)40-38(55-9)21-28(5)44(52,57-40)41(49)42(50)46-16-12-11-13-33(46)43(51)56-39(29(6)34(47)23-35(31)48)27(4)20-30-14-15-32(24-45)36(22-30)53-7/h18,20,26,28-34,36-40,47,52H,10-17,19,21-24H2,1-9H3/b25-18+,27-20+/t26-,28+,29+,30-,31+,32-,33-,34-,36+,37-,38-,39+,40+,44+/m0/s1. The number of alkyl halides is 1. The van der Waals surface area contributed by atoms with Gasteiger partial charge in [0.05, 0.1) is 24.4 Å². The largest absolute Gasteiger partial charge is 0.456 e. The molecule has 0 unspecified atom stereocenters. The molecule has 2 N–H and O–H groups in total. The van der Waals surface area contributed by atoms with Crippen molar-refractivity contribution >= 4 is 35.0 Å². The molecular weight excluding hydrogens is 754 g/mol. The molecule has 1 saturated carbocycles. The topological polar surface area (TPSA) is 158 Å². The Balaban J connectivity index is 1.76. The second-order valence-corrected chi connectivity index (χ2v) is 17.8. The van der Waals surface area contributed by atoms with Gasteiger partial charge in [-0.25, -0.2) is 4.79 Å². The van der Waals surface area contributed by atoms with Gasteiger partial charge in [0.25, 0.3) is 11.7 Å². The summed E-state index contributed by atoms with van der Waals surface area (Å²) in [5, 5.41) is 23.7. The molecule has 0 aromatic heterocycles. The molecular formula is C44H70ClNO11. The number of piperidine rings is 1. The first-order chi connectivity index (χ1) is 27.0. The molecule has 2 saturated heterocycles. The molecule has 4 aliphatic rings. The van der Waals surface area contributed by atoms with Crippen molar-refractivity contribution in [2.45, 2.75) is 161 Å². The number of halogens is 1. The number of allylic oxidation sites excluding steroid dienone is 3. The molecule has 0 radical (unpaired) electrons. The van der Waals surface area contributed by atoms with Gasteiger partial charge >= 0.3 is 5.97 Å². The monoisotopic (exact) mass is 823 g/mol. The zero-order valence-electron chi connectivity index (χ0n) is 35.7. The van der Waals surface area contributed by atoms with Crippen LogP contribution >= 0.6 is 11.6 Å². The number of ketones is 2. The third-order valence-electron chi connectivity index (χ3n) is 13.3. The fourth-order valence-electron chi connectivity index (χ4n) is 9.68. The van der Waals surface area contributed by atoms with E-state index >= 15 is 0 Å². The van der Waals surface area contributed by atoms with Crippen LogP contribution in [-0.2, 0) is 42.9 Å². The molecule has 0 aromatic rings. The number of cyclic esters (lactones) is 1. The lowest BCUT2D eigenvalue weighted by Crippen LogP contribution is -2.64. The number of amides is 1. The first-order valence-electron chi connectivity index (χ1n) is 21.2. The number of rotatable bonds is 7. The van der Waals surface area contributed by atoms with Crippen molar-refractivity contribution in [1.82, 2.24) is 4.90 Å². The molecule has 4 rings (SSSR count). The van der Waals surface area contributed by atoms with Gasteiger partial charge in [-0.3, -0.25) is 14.4 Å². The van der Waals surface area contributed by atoms with Gasteiger partial charge in [-0.2, -0.15) is 0 Å². The van der Waals surface area contributed by atoms with E-state index in [0.29, 0.717) is 38.0 Å². The highest BCUT2D eigenvalue weighted by molar-refractivity contribution is 6.39. The van der Waals surface area contributed by atoms with Crippen LogP contribution < -0.4 is 0 Å². The predicted molar refractivity (Wildman–Crippen MR) is 216 cm³/mol. The van der Waals surface area contributed by atoms with Crippen molar-refractivity contribution < 1.29 is 53.1 Å². The van der Waals surface area contributed by atoms with E-state index in [-0.39, 0.29) is 55.4 Å². The quantitative estimate of drug-likeness (QED) is 0.135. The Bertz CT molecular complexity index is 1450. The summed E-state index contributed by atoms with van der Waals surface area (Å²) in [4.78, 5) is 57.8. The van der Waals surface area contributed by atoms with Crippen LogP contribution in [0.3, 0.4) is 0 Å². The lowest BCUT2D eigenvalue weighted by atomic mass is 9.78. The van der Waals surface area contributed by atoms with Gasteiger partial charge in [0.1, 0.15) is 24.0 Å². The van der Waals surface area contributed by atoms with E-state index in [2.05, 4.69) is 13.0 Å². The number of fused-ring (bicyclic) bond motifs is 3.